The lowest BCUT2D eigenvalue weighted by atomic mass is 9.93. The molecule has 6 rings (SSSR count). The minimum atomic E-state index is 0. The Balaban J connectivity index is 0.00000204. The molecule has 0 saturated heterocycles. The predicted molar refractivity (Wildman–Crippen MR) is 131 cm³/mol. The lowest BCUT2D eigenvalue weighted by Crippen LogP contribution is -3.00. The van der Waals surface area contributed by atoms with E-state index in [4.69, 9.17) is 0 Å². The molecule has 0 spiro atoms. The second-order valence-corrected chi connectivity index (χ2v) is 10.8. The van der Waals surface area contributed by atoms with Crippen LogP contribution in [0.1, 0.15) is 11.1 Å². The molecule has 5 aromatic carbocycles. The van der Waals surface area contributed by atoms with Crippen molar-refractivity contribution in [3.63, 3.8) is 0 Å². The number of benzene rings is 5. The van der Waals surface area contributed by atoms with Crippen molar-refractivity contribution in [2.24, 2.45) is 0 Å². The summed E-state index contributed by atoms with van der Waals surface area (Å²) < 4.78 is 0. The van der Waals surface area contributed by atoms with Crippen LogP contribution in [0.2, 0.25) is 0 Å². The van der Waals surface area contributed by atoms with Gasteiger partial charge in [0, 0.05) is 26.1 Å². The number of fused-ring (bicyclic) bond motifs is 2. The number of hydrogen-bond acceptors (Lipinski definition) is 1. The highest BCUT2D eigenvalue weighted by atomic mass is 35.5. The van der Waals surface area contributed by atoms with Crippen molar-refractivity contribution in [1.82, 2.24) is 0 Å². The van der Waals surface area contributed by atoms with Crippen LogP contribution in [0.15, 0.2) is 117 Å². The van der Waals surface area contributed by atoms with E-state index in [2.05, 4.69) is 104 Å². The lowest BCUT2D eigenvalue weighted by Gasteiger charge is -2.13. The van der Waals surface area contributed by atoms with Gasteiger partial charge in [-0.3, -0.25) is 0 Å². The van der Waals surface area contributed by atoms with E-state index in [1.54, 1.807) is 0 Å². The summed E-state index contributed by atoms with van der Waals surface area (Å²) in [5.74, 6) is 1.10. The highest BCUT2D eigenvalue weighted by Gasteiger charge is 2.37. The van der Waals surface area contributed by atoms with Crippen LogP contribution >= 0.6 is 11.8 Å². The van der Waals surface area contributed by atoms with Gasteiger partial charge in [0.2, 0.25) is 0 Å². The van der Waals surface area contributed by atoms with Gasteiger partial charge in [-0.15, -0.1) is 0 Å². The van der Waals surface area contributed by atoms with E-state index in [9.17, 15) is 0 Å². The molecule has 1 atom stereocenters. The maximum Gasteiger partial charge on any atom is 0.169 e. The molecule has 0 amide bonds. The average Bonchev–Trinajstić information content (AvgIpc) is 3.19. The van der Waals surface area contributed by atoms with Gasteiger partial charge in [-0.2, -0.15) is 0 Å². The minimum Gasteiger partial charge on any atom is -1.00 e. The molecule has 1 unspecified atom stereocenters. The lowest BCUT2D eigenvalue weighted by molar-refractivity contribution is -0.00000573. The molecule has 0 saturated carbocycles. The van der Waals surface area contributed by atoms with Gasteiger partial charge in [-0.05, 0) is 59.7 Å². The Labute approximate surface area is 196 Å². The van der Waals surface area contributed by atoms with E-state index in [0.717, 1.165) is 5.75 Å². The maximum atomic E-state index is 2.35. The largest absolute Gasteiger partial charge is 1.00 e. The van der Waals surface area contributed by atoms with Gasteiger partial charge in [0.1, 0.15) is 5.75 Å². The molecule has 1 aliphatic rings. The molecule has 0 nitrogen and oxygen atoms in total. The molecular formula is C28H21ClS2. The normalized spacial score (nSPS) is 14.7. The van der Waals surface area contributed by atoms with Gasteiger partial charge in [-0.25, -0.2) is 0 Å². The highest BCUT2D eigenvalue weighted by molar-refractivity contribution is 7.99. The van der Waals surface area contributed by atoms with Crippen molar-refractivity contribution in [3.05, 3.63) is 108 Å². The molecule has 1 heterocycles. The Bertz CT molecular complexity index is 1400. The van der Waals surface area contributed by atoms with Crippen molar-refractivity contribution < 1.29 is 12.4 Å². The molecule has 152 valence electrons. The summed E-state index contributed by atoms with van der Waals surface area (Å²) in [6.45, 7) is 2.29. The number of halogens is 1. The summed E-state index contributed by atoms with van der Waals surface area (Å²) in [7, 11) is 0.0976. The van der Waals surface area contributed by atoms with Crippen LogP contribution in [0.3, 0.4) is 0 Å². The third-order valence-electron chi connectivity index (χ3n) is 6.02. The Hall–Kier alpha value is -2.39. The second-order valence-electron chi connectivity index (χ2n) is 7.72. The quantitative estimate of drug-likeness (QED) is 0.272. The third-order valence-corrected chi connectivity index (χ3v) is 9.37. The van der Waals surface area contributed by atoms with Crippen LogP contribution in [0, 0.1) is 6.92 Å². The van der Waals surface area contributed by atoms with Crippen molar-refractivity contribution in [2.45, 2.75) is 32.3 Å². The zero-order valence-electron chi connectivity index (χ0n) is 17.1. The van der Waals surface area contributed by atoms with Crippen molar-refractivity contribution in [3.8, 4) is 0 Å². The van der Waals surface area contributed by atoms with E-state index in [1.807, 2.05) is 11.8 Å². The van der Waals surface area contributed by atoms with Gasteiger partial charge in [-0.1, -0.05) is 72.4 Å². The fraction of sp³-hybridized carbons (Fsp3) is 0.0714. The average molecular weight is 457 g/mol. The summed E-state index contributed by atoms with van der Waals surface area (Å²) in [5.41, 5.74) is 2.94. The number of rotatable bonds is 3. The van der Waals surface area contributed by atoms with Crippen molar-refractivity contribution in [1.29, 1.82) is 0 Å². The molecule has 0 aliphatic carbocycles. The first kappa shape index (κ1) is 20.5. The summed E-state index contributed by atoms with van der Waals surface area (Å²) in [4.78, 5) is 5.62. The Morgan fingerprint density at radius 3 is 2.06 bits per heavy atom. The van der Waals surface area contributed by atoms with Crippen molar-refractivity contribution >= 4 is 44.2 Å². The standard InChI is InChI=1S/C28H21S2.ClH/c1-19-22-14-8-16-25(29-20-10-4-2-5-11-20)27(22)24-18-30(21-12-6-3-7-13-21)26-17-9-15-23(19)28(24)26;/h2-17H,18H2,1H3;1H/q+1;/p-1. The first-order chi connectivity index (χ1) is 14.8. The summed E-state index contributed by atoms with van der Waals surface area (Å²) in [5, 5.41) is 5.77. The van der Waals surface area contributed by atoms with Gasteiger partial charge < -0.3 is 12.4 Å². The second kappa shape index (κ2) is 8.27. The van der Waals surface area contributed by atoms with Crippen LogP contribution < -0.4 is 12.4 Å². The molecule has 3 heteroatoms. The van der Waals surface area contributed by atoms with E-state index >= 15 is 0 Å². The predicted octanol–water partition coefficient (Wildman–Crippen LogP) is 5.01. The summed E-state index contributed by atoms with van der Waals surface area (Å²) in [6, 6.07) is 35.5. The number of aryl methyl sites for hydroxylation is 1. The van der Waals surface area contributed by atoms with Crippen LogP contribution in [-0.4, -0.2) is 0 Å². The summed E-state index contributed by atoms with van der Waals surface area (Å²) >= 11 is 1.89. The van der Waals surface area contributed by atoms with E-state index in [-0.39, 0.29) is 23.3 Å². The van der Waals surface area contributed by atoms with E-state index in [0.29, 0.717) is 0 Å². The minimum absolute atomic E-state index is 0. The topological polar surface area (TPSA) is 0 Å². The first-order valence-electron chi connectivity index (χ1n) is 10.3. The molecule has 0 fully saturated rings. The van der Waals surface area contributed by atoms with E-state index < -0.39 is 0 Å². The molecule has 31 heavy (non-hydrogen) atoms. The molecule has 0 aromatic heterocycles. The van der Waals surface area contributed by atoms with Crippen LogP contribution in [0.4, 0.5) is 0 Å². The molecule has 5 aromatic rings. The molecular weight excluding hydrogens is 436 g/mol. The molecule has 0 bridgehead atoms. The highest BCUT2D eigenvalue weighted by Crippen LogP contribution is 2.48. The SMILES string of the molecule is Cc1c2cccc(Sc3ccccc3)c2c2c3c(cccc13)[S+](c1ccccc1)C2.[Cl-]. The maximum absolute atomic E-state index is 2.35. The van der Waals surface area contributed by atoms with Gasteiger partial charge in [0.25, 0.3) is 0 Å². The fourth-order valence-corrected chi connectivity index (χ4v) is 8.04. The van der Waals surface area contributed by atoms with Gasteiger partial charge >= 0.3 is 0 Å². The molecule has 0 radical (unpaired) electrons. The Morgan fingerprint density at radius 2 is 1.32 bits per heavy atom. The smallest absolute Gasteiger partial charge is 0.169 e. The first-order valence-corrected chi connectivity index (χ1v) is 12.5. The molecule has 1 aliphatic heterocycles. The van der Waals surface area contributed by atoms with Crippen LogP contribution in [0.25, 0.3) is 21.5 Å². The Kier molecular flexibility index (Phi) is 5.47. The van der Waals surface area contributed by atoms with Gasteiger partial charge in [0.05, 0.1) is 10.9 Å². The third kappa shape index (κ3) is 3.34. The van der Waals surface area contributed by atoms with E-state index in [1.165, 1.54) is 52.3 Å². The summed E-state index contributed by atoms with van der Waals surface area (Å²) in [6.07, 6.45) is 0. The monoisotopic (exact) mass is 456 g/mol. The zero-order valence-corrected chi connectivity index (χ0v) is 19.5. The Morgan fingerprint density at radius 1 is 0.677 bits per heavy atom. The van der Waals surface area contributed by atoms with Crippen LogP contribution in [0.5, 0.6) is 0 Å². The van der Waals surface area contributed by atoms with Crippen LogP contribution in [-0.2, 0) is 16.6 Å². The van der Waals surface area contributed by atoms with Gasteiger partial charge in [0.15, 0.2) is 9.79 Å². The number of hydrogen-bond donors (Lipinski definition) is 0. The van der Waals surface area contributed by atoms with Crippen molar-refractivity contribution in [2.75, 3.05) is 0 Å². The fourth-order valence-electron chi connectivity index (χ4n) is 4.65. The zero-order chi connectivity index (χ0) is 20.1. The molecule has 0 N–H and O–H groups in total.